The van der Waals surface area contributed by atoms with Crippen LogP contribution in [0.4, 0.5) is 10.5 Å². The molecule has 1 aliphatic rings. The number of carboxylic acids is 1. The molecule has 0 saturated heterocycles. The van der Waals surface area contributed by atoms with E-state index >= 15 is 0 Å². The van der Waals surface area contributed by atoms with Crippen molar-refractivity contribution < 1.29 is 24.2 Å². The van der Waals surface area contributed by atoms with Crippen molar-refractivity contribution in [2.75, 3.05) is 11.9 Å². The molecule has 4 rings (SSSR count). The number of carboxylic acid groups (broad SMARTS) is 1. The van der Waals surface area contributed by atoms with E-state index in [9.17, 15) is 14.4 Å². The first kappa shape index (κ1) is 22.0. The van der Waals surface area contributed by atoms with E-state index in [1.807, 2.05) is 36.4 Å². The van der Waals surface area contributed by atoms with Crippen LogP contribution >= 0.6 is 0 Å². The van der Waals surface area contributed by atoms with E-state index in [0.717, 1.165) is 22.3 Å². The number of anilines is 1. The van der Waals surface area contributed by atoms with Gasteiger partial charge in [0.05, 0.1) is 17.4 Å². The topological polar surface area (TPSA) is 118 Å². The Kier molecular flexibility index (Phi) is 6.35. The van der Waals surface area contributed by atoms with Gasteiger partial charge in [-0.1, -0.05) is 48.5 Å². The molecular formula is C25H23N3O5. The highest BCUT2D eigenvalue weighted by Crippen LogP contribution is 2.44. The molecule has 33 heavy (non-hydrogen) atoms. The van der Waals surface area contributed by atoms with Crippen LogP contribution in [0.5, 0.6) is 0 Å². The third-order valence-electron chi connectivity index (χ3n) is 5.47. The van der Waals surface area contributed by atoms with Gasteiger partial charge >= 0.3 is 12.1 Å². The lowest BCUT2D eigenvalue weighted by Gasteiger charge is -2.17. The van der Waals surface area contributed by atoms with E-state index in [1.54, 1.807) is 6.92 Å². The van der Waals surface area contributed by atoms with Crippen molar-refractivity contribution in [3.63, 3.8) is 0 Å². The molecule has 8 heteroatoms. The molecule has 8 nitrogen and oxygen atoms in total. The van der Waals surface area contributed by atoms with Crippen LogP contribution in [0.25, 0.3) is 11.1 Å². The standard InChI is InChI=1S/C25H23N3O5/c1-15(10-23(29)28-17-11-16(24(30)31)12-26-13-17)27-25(32)33-14-22-20-8-4-2-6-18(20)19-7-3-5-9-21(19)22/h2-9,11-13,15,22H,10,14H2,1H3,(H,27,32)(H,28,29)(H,30,31)/t15-/m1/s1. The van der Waals surface area contributed by atoms with Crippen LogP contribution in [-0.2, 0) is 9.53 Å². The molecule has 1 atom stereocenters. The summed E-state index contributed by atoms with van der Waals surface area (Å²) in [5, 5.41) is 14.3. The second kappa shape index (κ2) is 9.52. The maximum Gasteiger partial charge on any atom is 0.407 e. The van der Waals surface area contributed by atoms with Crippen LogP contribution in [-0.4, -0.2) is 40.7 Å². The number of nitrogens with one attached hydrogen (secondary N) is 2. The van der Waals surface area contributed by atoms with Gasteiger partial charge in [-0.15, -0.1) is 0 Å². The van der Waals surface area contributed by atoms with Crippen molar-refractivity contribution in [3.8, 4) is 11.1 Å². The fourth-order valence-electron chi connectivity index (χ4n) is 4.01. The van der Waals surface area contributed by atoms with Gasteiger partial charge in [0.2, 0.25) is 5.91 Å². The highest BCUT2D eigenvalue weighted by atomic mass is 16.5. The minimum Gasteiger partial charge on any atom is -0.478 e. The van der Waals surface area contributed by atoms with Gasteiger partial charge in [-0.3, -0.25) is 9.78 Å². The Morgan fingerprint density at radius 1 is 1.03 bits per heavy atom. The molecule has 0 spiro atoms. The van der Waals surface area contributed by atoms with Gasteiger partial charge in [0.1, 0.15) is 6.61 Å². The molecule has 1 aliphatic carbocycles. The first-order valence-electron chi connectivity index (χ1n) is 10.5. The predicted octanol–water partition coefficient (Wildman–Crippen LogP) is 4.04. The van der Waals surface area contributed by atoms with E-state index in [2.05, 4.69) is 27.8 Å². The minimum atomic E-state index is -1.14. The second-order valence-corrected chi connectivity index (χ2v) is 7.89. The van der Waals surface area contributed by atoms with Crippen molar-refractivity contribution in [1.29, 1.82) is 0 Å². The molecular weight excluding hydrogens is 422 g/mol. The normalized spacial score (nSPS) is 12.9. The minimum absolute atomic E-state index is 0.0124. The highest BCUT2D eigenvalue weighted by Gasteiger charge is 2.29. The largest absolute Gasteiger partial charge is 0.478 e. The molecule has 0 saturated carbocycles. The van der Waals surface area contributed by atoms with Gasteiger partial charge in [0.25, 0.3) is 0 Å². The number of hydrogen-bond acceptors (Lipinski definition) is 5. The molecule has 1 aromatic heterocycles. The number of rotatable bonds is 7. The second-order valence-electron chi connectivity index (χ2n) is 7.89. The summed E-state index contributed by atoms with van der Waals surface area (Å²) in [6, 6.07) is 17.0. The number of ether oxygens (including phenoxy) is 1. The Morgan fingerprint density at radius 2 is 1.67 bits per heavy atom. The monoisotopic (exact) mass is 445 g/mol. The Morgan fingerprint density at radius 3 is 2.30 bits per heavy atom. The zero-order valence-corrected chi connectivity index (χ0v) is 17.9. The van der Waals surface area contributed by atoms with Crippen molar-refractivity contribution in [2.24, 2.45) is 0 Å². The number of benzene rings is 2. The molecule has 2 amide bonds. The van der Waals surface area contributed by atoms with Gasteiger partial charge in [-0.25, -0.2) is 9.59 Å². The summed E-state index contributed by atoms with van der Waals surface area (Å²) in [4.78, 5) is 39.4. The average Bonchev–Trinajstić information content (AvgIpc) is 3.11. The van der Waals surface area contributed by atoms with Crippen LogP contribution in [0.1, 0.15) is 40.7 Å². The fourth-order valence-corrected chi connectivity index (χ4v) is 4.01. The number of carbonyl (C=O) groups excluding carboxylic acids is 2. The zero-order valence-electron chi connectivity index (χ0n) is 17.9. The number of nitrogens with zero attached hydrogens (tertiary/aromatic N) is 1. The number of aromatic nitrogens is 1. The van der Waals surface area contributed by atoms with Gasteiger partial charge in [-0.05, 0) is 35.2 Å². The van der Waals surface area contributed by atoms with Crippen LogP contribution in [0.15, 0.2) is 67.0 Å². The van der Waals surface area contributed by atoms with Crippen LogP contribution in [0, 0.1) is 0 Å². The third-order valence-corrected chi connectivity index (χ3v) is 5.47. The summed E-state index contributed by atoms with van der Waals surface area (Å²) in [5.74, 6) is -1.56. The maximum absolute atomic E-state index is 12.4. The summed E-state index contributed by atoms with van der Waals surface area (Å²) in [7, 11) is 0. The lowest BCUT2D eigenvalue weighted by atomic mass is 9.98. The summed E-state index contributed by atoms with van der Waals surface area (Å²) < 4.78 is 5.50. The van der Waals surface area contributed by atoms with Crippen LogP contribution in [0.3, 0.4) is 0 Å². The van der Waals surface area contributed by atoms with Gasteiger partial charge in [0.15, 0.2) is 0 Å². The van der Waals surface area contributed by atoms with Crippen molar-refractivity contribution in [3.05, 3.63) is 83.7 Å². The van der Waals surface area contributed by atoms with Crippen molar-refractivity contribution >= 4 is 23.7 Å². The molecule has 0 fully saturated rings. The molecule has 0 aliphatic heterocycles. The molecule has 0 unspecified atom stereocenters. The molecule has 3 aromatic rings. The van der Waals surface area contributed by atoms with Gasteiger partial charge in [0, 0.05) is 24.6 Å². The fraction of sp³-hybridized carbons (Fsp3) is 0.200. The zero-order chi connectivity index (χ0) is 23.4. The molecule has 0 radical (unpaired) electrons. The predicted molar refractivity (Wildman–Crippen MR) is 122 cm³/mol. The summed E-state index contributed by atoms with van der Waals surface area (Å²) in [6.07, 6.45) is 1.93. The molecule has 2 aromatic carbocycles. The summed E-state index contributed by atoms with van der Waals surface area (Å²) in [6.45, 7) is 1.87. The SMILES string of the molecule is C[C@H](CC(=O)Nc1cncc(C(=O)O)c1)NC(=O)OCC1c2ccccc2-c2ccccc21. The van der Waals surface area contributed by atoms with E-state index in [4.69, 9.17) is 9.84 Å². The van der Waals surface area contributed by atoms with Crippen LogP contribution in [0.2, 0.25) is 0 Å². The number of fused-ring (bicyclic) bond motifs is 3. The summed E-state index contributed by atoms with van der Waals surface area (Å²) >= 11 is 0. The Hall–Kier alpha value is -4.20. The molecule has 3 N–H and O–H groups in total. The highest BCUT2D eigenvalue weighted by molar-refractivity contribution is 5.93. The molecule has 0 bridgehead atoms. The first-order valence-corrected chi connectivity index (χ1v) is 10.5. The number of amides is 2. The van der Waals surface area contributed by atoms with Gasteiger partial charge in [-0.2, -0.15) is 0 Å². The molecule has 168 valence electrons. The number of pyridine rings is 1. The number of aromatic carboxylic acids is 1. The Labute approximate surface area is 190 Å². The van der Waals surface area contributed by atoms with Crippen molar-refractivity contribution in [1.82, 2.24) is 10.3 Å². The smallest absolute Gasteiger partial charge is 0.407 e. The number of carbonyl (C=O) groups is 3. The van der Waals surface area contributed by atoms with Crippen molar-refractivity contribution in [2.45, 2.75) is 25.3 Å². The first-order chi connectivity index (χ1) is 15.9. The Bertz CT molecular complexity index is 1160. The molecule has 1 heterocycles. The van der Waals surface area contributed by atoms with E-state index in [0.29, 0.717) is 0 Å². The quantitative estimate of drug-likeness (QED) is 0.505. The average molecular weight is 445 g/mol. The number of alkyl carbamates (subject to hydrolysis) is 1. The van der Waals surface area contributed by atoms with E-state index < -0.39 is 18.1 Å². The Balaban J connectivity index is 1.30. The summed E-state index contributed by atoms with van der Waals surface area (Å²) in [5.41, 5.74) is 4.78. The lowest BCUT2D eigenvalue weighted by Crippen LogP contribution is -2.36. The van der Waals surface area contributed by atoms with Gasteiger partial charge < -0.3 is 20.5 Å². The van der Waals surface area contributed by atoms with E-state index in [1.165, 1.54) is 18.5 Å². The van der Waals surface area contributed by atoms with E-state index in [-0.39, 0.29) is 36.1 Å². The third kappa shape index (κ3) is 5.01. The lowest BCUT2D eigenvalue weighted by molar-refractivity contribution is -0.116. The number of hydrogen-bond donors (Lipinski definition) is 3. The maximum atomic E-state index is 12.4. The van der Waals surface area contributed by atoms with Crippen LogP contribution < -0.4 is 10.6 Å².